The number of esters is 1. The Kier molecular flexibility index (Phi) is 13.9. The lowest BCUT2D eigenvalue weighted by atomic mass is 9.92. The minimum absolute atomic E-state index is 0.0209. The molecular weight excluding hydrogens is 332 g/mol. The zero-order chi connectivity index (χ0) is 18.8. The van der Waals surface area contributed by atoms with Gasteiger partial charge < -0.3 is 33.2 Å². The molecule has 0 atom stereocenters. The van der Waals surface area contributed by atoms with Gasteiger partial charge in [0.2, 0.25) is 0 Å². The van der Waals surface area contributed by atoms with E-state index >= 15 is 0 Å². The number of carbonyl (C=O) groups excluding carboxylic acids is 1. The minimum Gasteiger partial charge on any atom is -0.476 e. The molecule has 25 heavy (non-hydrogen) atoms. The molecule has 0 aromatic rings. The second-order valence-electron chi connectivity index (χ2n) is 4.71. The van der Waals surface area contributed by atoms with E-state index in [-0.39, 0.29) is 46.8 Å². The van der Waals surface area contributed by atoms with Crippen LogP contribution in [-0.4, -0.2) is 52.8 Å². The molecular formula is C17H26O8. The van der Waals surface area contributed by atoms with E-state index in [2.05, 4.69) is 26.3 Å². The molecule has 0 aromatic heterocycles. The smallest absolute Gasteiger partial charge is 0.330 e. The maximum atomic E-state index is 11.4. The first-order valence-electron chi connectivity index (χ1n) is 7.34. The zero-order valence-electron chi connectivity index (χ0n) is 14.4. The highest BCUT2D eigenvalue weighted by Gasteiger charge is 2.34. The van der Waals surface area contributed by atoms with Gasteiger partial charge in [-0.1, -0.05) is 26.3 Å². The van der Waals surface area contributed by atoms with Crippen LogP contribution in [0.5, 0.6) is 0 Å². The molecule has 0 spiro atoms. The lowest BCUT2D eigenvalue weighted by Gasteiger charge is -2.32. The van der Waals surface area contributed by atoms with Crippen LogP contribution < -0.4 is 0 Å². The average molecular weight is 358 g/mol. The van der Waals surface area contributed by atoms with Crippen molar-refractivity contribution in [1.29, 1.82) is 0 Å². The van der Waals surface area contributed by atoms with Gasteiger partial charge >= 0.3 is 5.97 Å². The van der Waals surface area contributed by atoms with Crippen LogP contribution in [0.25, 0.3) is 0 Å². The molecule has 0 N–H and O–H groups in total. The number of hydrogen-bond acceptors (Lipinski definition) is 8. The number of ether oxygens (including phenoxy) is 7. The molecule has 0 bridgehead atoms. The summed E-state index contributed by atoms with van der Waals surface area (Å²) in [5.41, 5.74) is -0.821. The topological polar surface area (TPSA) is 81.7 Å². The molecule has 0 unspecified atom stereocenters. The van der Waals surface area contributed by atoms with Crippen molar-refractivity contribution in [1.82, 2.24) is 0 Å². The van der Waals surface area contributed by atoms with Crippen molar-refractivity contribution in [2.45, 2.75) is 0 Å². The van der Waals surface area contributed by atoms with E-state index in [1.54, 1.807) is 0 Å². The molecule has 0 rings (SSSR count). The van der Waals surface area contributed by atoms with Crippen LogP contribution >= 0.6 is 0 Å². The average Bonchev–Trinajstić information content (AvgIpc) is 2.63. The highest BCUT2D eigenvalue weighted by Crippen LogP contribution is 2.21. The van der Waals surface area contributed by atoms with Gasteiger partial charge in [0.25, 0.3) is 0 Å². The van der Waals surface area contributed by atoms with Crippen molar-refractivity contribution < 1.29 is 38.0 Å². The van der Waals surface area contributed by atoms with Crippen molar-refractivity contribution in [3.8, 4) is 0 Å². The summed E-state index contributed by atoms with van der Waals surface area (Å²) in [6.45, 7) is 13.9. The first-order chi connectivity index (χ1) is 12.1. The van der Waals surface area contributed by atoms with E-state index in [4.69, 9.17) is 33.2 Å². The van der Waals surface area contributed by atoms with E-state index in [0.29, 0.717) is 0 Å². The Bertz CT molecular complexity index is 367. The lowest BCUT2D eigenvalue weighted by molar-refractivity contribution is -0.166. The van der Waals surface area contributed by atoms with Crippen molar-refractivity contribution >= 4 is 5.97 Å². The van der Waals surface area contributed by atoms with Crippen molar-refractivity contribution in [3.05, 3.63) is 51.2 Å². The third-order valence-electron chi connectivity index (χ3n) is 2.72. The van der Waals surface area contributed by atoms with E-state index < -0.39 is 11.4 Å². The van der Waals surface area contributed by atoms with Crippen molar-refractivity contribution in [2.24, 2.45) is 5.41 Å². The second kappa shape index (κ2) is 15.3. The summed E-state index contributed by atoms with van der Waals surface area (Å²) in [6.07, 6.45) is 4.82. The molecule has 142 valence electrons. The molecule has 8 nitrogen and oxygen atoms in total. The fourth-order valence-corrected chi connectivity index (χ4v) is 1.60. The van der Waals surface area contributed by atoms with E-state index in [0.717, 1.165) is 6.08 Å². The molecule has 0 saturated heterocycles. The minimum atomic E-state index is -0.821. The summed E-state index contributed by atoms with van der Waals surface area (Å²) in [6, 6.07) is 0. The van der Waals surface area contributed by atoms with Crippen LogP contribution in [0.2, 0.25) is 0 Å². The van der Waals surface area contributed by atoms with Crippen LogP contribution in [0.15, 0.2) is 51.2 Å². The fourth-order valence-electron chi connectivity index (χ4n) is 1.60. The van der Waals surface area contributed by atoms with Crippen LogP contribution in [-0.2, 0) is 38.0 Å². The molecule has 0 aliphatic carbocycles. The molecule has 0 aromatic carbocycles. The maximum Gasteiger partial charge on any atom is 0.330 e. The third kappa shape index (κ3) is 11.8. The first kappa shape index (κ1) is 22.7. The number of rotatable bonds is 18. The SMILES string of the molecule is C=COCOCC(COCOC=C)(COCOC=C)COC(=O)C=C. The monoisotopic (exact) mass is 358 g/mol. The predicted molar refractivity (Wildman–Crippen MR) is 89.9 cm³/mol. The molecule has 0 radical (unpaired) electrons. The van der Waals surface area contributed by atoms with Gasteiger partial charge in [-0.05, 0) is 0 Å². The standard InChI is InChI=1S/C17H26O8/c1-5-16(18)25-12-17(9-22-13-19-6-2,10-23-14-20-7-3)11-24-15-21-8-4/h5-8H,1-4,9-15H2. The Balaban J connectivity index is 4.86. The van der Waals surface area contributed by atoms with Gasteiger partial charge in [0, 0.05) is 6.08 Å². The summed E-state index contributed by atoms with van der Waals surface area (Å²) in [5.74, 6) is -0.573. The molecule has 0 heterocycles. The maximum absolute atomic E-state index is 11.4. The summed E-state index contributed by atoms with van der Waals surface area (Å²) in [5, 5.41) is 0. The molecule has 0 fully saturated rings. The Hall–Kier alpha value is -2.29. The van der Waals surface area contributed by atoms with Gasteiger partial charge in [0.05, 0.1) is 44.0 Å². The Labute approximate surface area is 148 Å². The lowest BCUT2D eigenvalue weighted by Crippen LogP contribution is -2.42. The number of hydrogen-bond donors (Lipinski definition) is 0. The molecule has 0 amide bonds. The highest BCUT2D eigenvalue weighted by molar-refractivity contribution is 5.81. The Morgan fingerprint density at radius 3 is 1.44 bits per heavy atom. The van der Waals surface area contributed by atoms with Gasteiger partial charge in [-0.3, -0.25) is 0 Å². The highest BCUT2D eigenvalue weighted by atomic mass is 16.7. The molecule has 0 aliphatic heterocycles. The largest absolute Gasteiger partial charge is 0.476 e. The summed E-state index contributed by atoms with van der Waals surface area (Å²) >= 11 is 0. The second-order valence-corrected chi connectivity index (χ2v) is 4.71. The van der Waals surface area contributed by atoms with E-state index in [1.807, 2.05) is 0 Å². The summed E-state index contributed by atoms with van der Waals surface area (Å²) < 4.78 is 36.2. The normalized spacial score (nSPS) is 10.4. The van der Waals surface area contributed by atoms with Crippen LogP contribution in [0.1, 0.15) is 0 Å². The van der Waals surface area contributed by atoms with E-state index in [1.165, 1.54) is 18.8 Å². The number of carbonyl (C=O) groups is 1. The van der Waals surface area contributed by atoms with Gasteiger partial charge in [-0.15, -0.1) is 0 Å². The van der Waals surface area contributed by atoms with Gasteiger partial charge in [-0.25, -0.2) is 4.79 Å². The fraction of sp³-hybridized carbons (Fsp3) is 0.471. The van der Waals surface area contributed by atoms with Crippen molar-refractivity contribution in [2.75, 3.05) is 46.8 Å². The van der Waals surface area contributed by atoms with E-state index in [9.17, 15) is 4.79 Å². The Morgan fingerprint density at radius 1 is 0.720 bits per heavy atom. The zero-order valence-corrected chi connectivity index (χ0v) is 14.4. The molecule has 8 heteroatoms. The molecule has 0 aliphatic rings. The van der Waals surface area contributed by atoms with Crippen LogP contribution in [0.3, 0.4) is 0 Å². The summed E-state index contributed by atoms with van der Waals surface area (Å²) in [4.78, 5) is 11.4. The Morgan fingerprint density at radius 2 is 1.12 bits per heavy atom. The summed E-state index contributed by atoms with van der Waals surface area (Å²) in [7, 11) is 0. The van der Waals surface area contributed by atoms with Crippen LogP contribution in [0.4, 0.5) is 0 Å². The van der Waals surface area contributed by atoms with Crippen molar-refractivity contribution in [3.63, 3.8) is 0 Å². The van der Waals surface area contributed by atoms with Gasteiger partial charge in [0.1, 0.15) is 6.61 Å². The third-order valence-corrected chi connectivity index (χ3v) is 2.72. The quantitative estimate of drug-likeness (QED) is 0.121. The van der Waals surface area contributed by atoms with Crippen LogP contribution in [0, 0.1) is 5.41 Å². The first-order valence-corrected chi connectivity index (χ1v) is 7.34. The predicted octanol–water partition coefficient (Wildman–Crippen LogP) is 2.10. The van der Waals surface area contributed by atoms with Gasteiger partial charge in [-0.2, -0.15) is 0 Å². The molecule has 0 saturated carbocycles. The van der Waals surface area contributed by atoms with Gasteiger partial charge in [0.15, 0.2) is 20.4 Å².